The number of amides is 2. The van der Waals surface area contributed by atoms with Gasteiger partial charge in [-0.3, -0.25) is 9.36 Å². The fraction of sp³-hybridized carbons (Fsp3) is 0.160. The molecule has 0 saturated heterocycles. The summed E-state index contributed by atoms with van der Waals surface area (Å²) < 4.78 is 1.49. The van der Waals surface area contributed by atoms with Crippen molar-refractivity contribution < 1.29 is 4.79 Å². The average Bonchev–Trinajstić information content (AvgIpc) is 2.82. The number of anilines is 1. The van der Waals surface area contributed by atoms with Gasteiger partial charge in [-0.25, -0.2) is 9.78 Å². The van der Waals surface area contributed by atoms with E-state index in [4.69, 9.17) is 28.2 Å². The van der Waals surface area contributed by atoms with Gasteiger partial charge in [0.2, 0.25) is 0 Å². The van der Waals surface area contributed by atoms with Crippen LogP contribution in [0.3, 0.4) is 0 Å². The van der Waals surface area contributed by atoms with Crippen molar-refractivity contribution in [3.8, 4) is 0 Å². The first-order valence-electron chi connectivity index (χ1n) is 10.4. The SMILES string of the molecule is CC(c1nc2ccccc2c(=O)n1C)N(Cc1ccccc1)C(=O)Nc1ccc(Cl)cc1Cl. The molecule has 1 atom stereocenters. The van der Waals surface area contributed by atoms with Crippen LogP contribution in [0.4, 0.5) is 10.5 Å². The Hall–Kier alpha value is -3.35. The maximum absolute atomic E-state index is 13.4. The van der Waals surface area contributed by atoms with Crippen molar-refractivity contribution in [2.75, 3.05) is 5.32 Å². The van der Waals surface area contributed by atoms with E-state index in [1.165, 1.54) is 4.57 Å². The van der Waals surface area contributed by atoms with Gasteiger partial charge in [0, 0.05) is 18.6 Å². The van der Waals surface area contributed by atoms with Gasteiger partial charge in [0.05, 0.1) is 27.7 Å². The summed E-state index contributed by atoms with van der Waals surface area (Å²) in [7, 11) is 1.67. The van der Waals surface area contributed by atoms with E-state index in [-0.39, 0.29) is 11.6 Å². The number of hydrogen-bond acceptors (Lipinski definition) is 3. The van der Waals surface area contributed by atoms with E-state index in [9.17, 15) is 9.59 Å². The lowest BCUT2D eigenvalue weighted by atomic mass is 10.1. The molecule has 6 nitrogen and oxygen atoms in total. The van der Waals surface area contributed by atoms with Gasteiger partial charge in [0.25, 0.3) is 5.56 Å². The maximum atomic E-state index is 13.4. The Bertz CT molecular complexity index is 1370. The zero-order valence-electron chi connectivity index (χ0n) is 18.1. The molecular formula is C25H22Cl2N4O2. The lowest BCUT2D eigenvalue weighted by molar-refractivity contribution is 0.185. The number of nitrogens with one attached hydrogen (secondary N) is 1. The minimum absolute atomic E-state index is 0.164. The highest BCUT2D eigenvalue weighted by Gasteiger charge is 2.26. The maximum Gasteiger partial charge on any atom is 0.322 e. The fourth-order valence-corrected chi connectivity index (χ4v) is 4.15. The molecule has 0 spiro atoms. The average molecular weight is 481 g/mol. The highest BCUT2D eigenvalue weighted by Crippen LogP contribution is 2.28. The number of aromatic nitrogens is 2. The summed E-state index contributed by atoms with van der Waals surface area (Å²) in [5.74, 6) is 0.479. The van der Waals surface area contributed by atoms with Gasteiger partial charge in [0.1, 0.15) is 5.82 Å². The number of carbonyl (C=O) groups is 1. The first-order valence-corrected chi connectivity index (χ1v) is 11.1. The molecule has 0 aliphatic heterocycles. The van der Waals surface area contributed by atoms with E-state index in [0.29, 0.717) is 39.0 Å². The third kappa shape index (κ3) is 4.87. The summed E-state index contributed by atoms with van der Waals surface area (Å²) in [5, 5.41) is 4.20. The van der Waals surface area contributed by atoms with Crippen molar-refractivity contribution in [3.63, 3.8) is 0 Å². The van der Waals surface area contributed by atoms with Crippen LogP contribution in [0.5, 0.6) is 0 Å². The van der Waals surface area contributed by atoms with Crippen molar-refractivity contribution in [1.29, 1.82) is 0 Å². The number of halogens is 2. The molecule has 1 heterocycles. The molecule has 0 aliphatic carbocycles. The number of benzene rings is 3. The summed E-state index contributed by atoms with van der Waals surface area (Å²) >= 11 is 12.3. The number of nitrogens with zero attached hydrogens (tertiary/aromatic N) is 3. The first kappa shape index (κ1) is 22.8. The van der Waals surface area contributed by atoms with Gasteiger partial charge in [-0.05, 0) is 42.8 Å². The summed E-state index contributed by atoms with van der Waals surface area (Å²) in [4.78, 5) is 32.7. The van der Waals surface area contributed by atoms with Gasteiger partial charge in [-0.1, -0.05) is 65.7 Å². The van der Waals surface area contributed by atoms with Crippen molar-refractivity contribution in [2.45, 2.75) is 19.5 Å². The molecular weight excluding hydrogens is 459 g/mol. The second kappa shape index (κ2) is 9.65. The highest BCUT2D eigenvalue weighted by atomic mass is 35.5. The zero-order valence-corrected chi connectivity index (χ0v) is 19.6. The Morgan fingerprint density at radius 1 is 1.06 bits per heavy atom. The van der Waals surface area contributed by atoms with E-state index in [1.54, 1.807) is 48.3 Å². The second-order valence-corrected chi connectivity index (χ2v) is 8.54. The second-order valence-electron chi connectivity index (χ2n) is 7.70. The zero-order chi connectivity index (χ0) is 23.5. The highest BCUT2D eigenvalue weighted by molar-refractivity contribution is 6.36. The molecule has 0 saturated carbocycles. The summed E-state index contributed by atoms with van der Waals surface area (Å²) in [6.07, 6.45) is 0. The van der Waals surface area contributed by atoms with Crippen LogP contribution in [0.25, 0.3) is 10.9 Å². The molecule has 0 radical (unpaired) electrons. The Labute approximate surface area is 201 Å². The first-order chi connectivity index (χ1) is 15.8. The summed E-state index contributed by atoms with van der Waals surface area (Å²) in [6, 6.07) is 20.8. The van der Waals surface area contributed by atoms with Crippen LogP contribution < -0.4 is 10.9 Å². The van der Waals surface area contributed by atoms with Crippen LogP contribution in [0.1, 0.15) is 24.4 Å². The van der Waals surface area contributed by atoms with E-state index in [0.717, 1.165) is 5.56 Å². The number of carbonyl (C=O) groups excluding carboxylic acids is 1. The number of hydrogen-bond donors (Lipinski definition) is 1. The van der Waals surface area contributed by atoms with Gasteiger partial charge >= 0.3 is 6.03 Å². The monoisotopic (exact) mass is 480 g/mol. The molecule has 1 aromatic heterocycles. The molecule has 8 heteroatoms. The number of urea groups is 1. The molecule has 0 aliphatic rings. The van der Waals surface area contributed by atoms with Gasteiger partial charge in [-0.15, -0.1) is 0 Å². The number of fused-ring (bicyclic) bond motifs is 1. The summed E-state index contributed by atoms with van der Waals surface area (Å²) in [6.45, 7) is 2.16. The van der Waals surface area contributed by atoms with Crippen molar-refractivity contribution in [2.24, 2.45) is 7.05 Å². The Balaban J connectivity index is 1.74. The van der Waals surface area contributed by atoms with Crippen LogP contribution in [0, 0.1) is 0 Å². The van der Waals surface area contributed by atoms with Gasteiger partial charge in [0.15, 0.2) is 0 Å². The van der Waals surface area contributed by atoms with Crippen molar-refractivity contribution >= 4 is 45.8 Å². The molecule has 4 rings (SSSR count). The lowest BCUT2D eigenvalue weighted by Gasteiger charge is -2.30. The minimum Gasteiger partial charge on any atom is -0.310 e. The van der Waals surface area contributed by atoms with Crippen LogP contribution >= 0.6 is 23.2 Å². The molecule has 4 aromatic rings. The molecule has 0 fully saturated rings. The Kier molecular flexibility index (Phi) is 6.67. The Morgan fingerprint density at radius 3 is 2.48 bits per heavy atom. The van der Waals surface area contributed by atoms with Crippen molar-refractivity contribution in [1.82, 2.24) is 14.5 Å². The van der Waals surface area contributed by atoms with Gasteiger partial charge < -0.3 is 10.2 Å². The standard InChI is InChI=1S/C25H22Cl2N4O2/c1-16(23-28-21-11-7-6-10-19(21)24(32)30(23)2)31(15-17-8-4-3-5-9-17)25(33)29-22-13-12-18(26)14-20(22)27/h3-14,16H,15H2,1-2H3,(H,29,33). The smallest absolute Gasteiger partial charge is 0.310 e. The normalized spacial score (nSPS) is 11.9. The Morgan fingerprint density at radius 2 is 1.76 bits per heavy atom. The van der Waals surface area contributed by atoms with Gasteiger partial charge in [-0.2, -0.15) is 0 Å². The van der Waals surface area contributed by atoms with Crippen LogP contribution in [-0.4, -0.2) is 20.5 Å². The van der Waals surface area contributed by atoms with E-state index >= 15 is 0 Å². The predicted molar refractivity (Wildman–Crippen MR) is 133 cm³/mol. The topological polar surface area (TPSA) is 67.2 Å². The molecule has 2 amide bonds. The van der Waals surface area contributed by atoms with Crippen molar-refractivity contribution in [3.05, 3.63) is 105 Å². The minimum atomic E-state index is -0.515. The number of rotatable bonds is 5. The van der Waals surface area contributed by atoms with E-state index < -0.39 is 6.04 Å². The molecule has 33 heavy (non-hydrogen) atoms. The molecule has 1 N–H and O–H groups in total. The quantitative estimate of drug-likeness (QED) is 0.378. The molecule has 0 bridgehead atoms. The third-order valence-electron chi connectivity index (χ3n) is 5.49. The molecule has 1 unspecified atom stereocenters. The summed E-state index contributed by atoms with van der Waals surface area (Å²) in [5.41, 5.74) is 1.80. The predicted octanol–water partition coefficient (Wildman–Crippen LogP) is 6.04. The fourth-order valence-electron chi connectivity index (χ4n) is 3.69. The van der Waals surface area contributed by atoms with Crippen LogP contribution in [-0.2, 0) is 13.6 Å². The van der Waals surface area contributed by atoms with E-state index in [1.807, 2.05) is 43.3 Å². The van der Waals surface area contributed by atoms with E-state index in [2.05, 4.69) is 5.32 Å². The van der Waals surface area contributed by atoms with Crippen LogP contribution in [0.2, 0.25) is 10.0 Å². The molecule has 168 valence electrons. The molecule has 3 aromatic carbocycles. The largest absolute Gasteiger partial charge is 0.322 e. The third-order valence-corrected chi connectivity index (χ3v) is 6.04. The number of para-hydroxylation sites is 1. The lowest BCUT2D eigenvalue weighted by Crippen LogP contribution is -2.39. The van der Waals surface area contributed by atoms with Crippen LogP contribution in [0.15, 0.2) is 77.6 Å².